The molecule has 0 spiro atoms. The topological polar surface area (TPSA) is 84.4 Å². The van der Waals surface area contributed by atoms with Gasteiger partial charge >= 0.3 is 0 Å². The van der Waals surface area contributed by atoms with Crippen LogP contribution in [0.2, 0.25) is 0 Å². The quantitative estimate of drug-likeness (QED) is 0.368. The van der Waals surface area contributed by atoms with E-state index in [1.54, 1.807) is 7.05 Å². The van der Waals surface area contributed by atoms with Crippen molar-refractivity contribution in [2.75, 3.05) is 7.05 Å². The van der Waals surface area contributed by atoms with E-state index in [0.717, 1.165) is 0 Å². The number of likely N-dealkylation sites (N-methyl/N-ethyl adjacent to an activating group) is 1. The summed E-state index contributed by atoms with van der Waals surface area (Å²) in [6.07, 6.45) is 0.793. The minimum absolute atomic E-state index is 0.177. The Morgan fingerprint density at radius 1 is 1.80 bits per heavy atom. The molecular formula is C5H10N4O. The second-order valence-corrected chi connectivity index (χ2v) is 2.14. The Bertz CT molecular complexity index is 188. The lowest BCUT2D eigenvalue weighted by molar-refractivity contribution is -0.128. The largest absolute Gasteiger partial charge is 0.385 e. The molecule has 0 radical (unpaired) electrons. The second kappa shape index (κ2) is 2.18. The molecule has 1 amide bonds. The van der Waals surface area contributed by atoms with Crippen molar-refractivity contribution in [2.45, 2.75) is 6.29 Å². The fraction of sp³-hybridized carbons (Fsp3) is 0.400. The molecule has 1 heterocycles. The number of rotatable bonds is 0. The van der Waals surface area contributed by atoms with E-state index in [9.17, 15) is 4.79 Å². The summed E-state index contributed by atoms with van der Waals surface area (Å²) in [6, 6.07) is 0. The molecule has 1 unspecified atom stereocenters. The molecule has 56 valence electrons. The molecule has 0 aromatic heterocycles. The first-order chi connectivity index (χ1) is 4.61. The fourth-order valence-electron chi connectivity index (χ4n) is 0.681. The van der Waals surface area contributed by atoms with Gasteiger partial charge in [-0.15, -0.1) is 0 Å². The van der Waals surface area contributed by atoms with Gasteiger partial charge in [0.05, 0.1) is 0 Å². The molecule has 0 aromatic rings. The molecule has 0 fully saturated rings. The Hall–Kier alpha value is -1.23. The maximum Gasteiger partial charge on any atom is 0.252 e. The van der Waals surface area contributed by atoms with Crippen molar-refractivity contribution < 1.29 is 4.79 Å². The van der Waals surface area contributed by atoms with Gasteiger partial charge in [0.15, 0.2) is 6.29 Å². The molecule has 10 heavy (non-hydrogen) atoms. The molecule has 5 nitrogen and oxygen atoms in total. The van der Waals surface area contributed by atoms with E-state index in [0.29, 0.717) is 5.82 Å². The molecule has 5 heteroatoms. The van der Waals surface area contributed by atoms with Crippen LogP contribution in [0.3, 0.4) is 0 Å². The zero-order valence-electron chi connectivity index (χ0n) is 5.66. The third-order valence-electron chi connectivity index (χ3n) is 1.36. The molecule has 0 saturated heterocycles. The van der Waals surface area contributed by atoms with E-state index in [1.165, 1.54) is 11.0 Å². The summed E-state index contributed by atoms with van der Waals surface area (Å²) in [5, 5.41) is 2.68. The summed E-state index contributed by atoms with van der Waals surface area (Å²) in [5.41, 5.74) is 10.7. The highest BCUT2D eigenvalue weighted by Crippen LogP contribution is 1.97. The number of amides is 1. The summed E-state index contributed by atoms with van der Waals surface area (Å²) in [4.78, 5) is 12.2. The van der Waals surface area contributed by atoms with E-state index in [-0.39, 0.29) is 5.91 Å². The lowest BCUT2D eigenvalue weighted by Crippen LogP contribution is -2.56. The highest BCUT2D eigenvalue weighted by molar-refractivity contribution is 5.88. The smallest absolute Gasteiger partial charge is 0.252 e. The van der Waals surface area contributed by atoms with Gasteiger partial charge in [0.25, 0.3) is 5.91 Å². The Kier molecular flexibility index (Phi) is 1.50. The van der Waals surface area contributed by atoms with E-state index in [1.807, 2.05) is 0 Å². The molecule has 1 atom stereocenters. The highest BCUT2D eigenvalue weighted by atomic mass is 16.2. The van der Waals surface area contributed by atoms with Gasteiger partial charge in [-0.1, -0.05) is 0 Å². The van der Waals surface area contributed by atoms with Crippen LogP contribution in [0.15, 0.2) is 11.9 Å². The predicted molar refractivity (Wildman–Crippen MR) is 36.2 cm³/mol. The van der Waals surface area contributed by atoms with Crippen LogP contribution < -0.4 is 16.8 Å². The predicted octanol–water partition coefficient (Wildman–Crippen LogP) is -1.91. The summed E-state index contributed by atoms with van der Waals surface area (Å²) in [7, 11) is 1.60. The number of hydrogen-bond acceptors (Lipinski definition) is 4. The van der Waals surface area contributed by atoms with Gasteiger partial charge in [0.2, 0.25) is 0 Å². The first-order valence-corrected chi connectivity index (χ1v) is 2.87. The number of hydrogen-bond donors (Lipinski definition) is 3. The molecule has 0 bridgehead atoms. The Morgan fingerprint density at radius 2 is 2.40 bits per heavy atom. The normalized spacial score (nSPS) is 25.8. The summed E-state index contributed by atoms with van der Waals surface area (Å²) in [5.74, 6) is 0.138. The van der Waals surface area contributed by atoms with Crippen molar-refractivity contribution in [1.29, 1.82) is 0 Å². The van der Waals surface area contributed by atoms with Crippen LogP contribution in [0.1, 0.15) is 0 Å². The molecule has 0 aliphatic carbocycles. The van der Waals surface area contributed by atoms with Crippen LogP contribution in [-0.4, -0.2) is 24.1 Å². The van der Waals surface area contributed by atoms with Gasteiger partial charge in [-0.25, -0.2) is 0 Å². The minimum Gasteiger partial charge on any atom is -0.385 e. The molecule has 1 rings (SSSR count). The molecule has 5 N–H and O–H groups in total. The first-order valence-electron chi connectivity index (χ1n) is 2.87. The van der Waals surface area contributed by atoms with Crippen molar-refractivity contribution in [2.24, 2.45) is 11.5 Å². The van der Waals surface area contributed by atoms with Gasteiger partial charge in [0.1, 0.15) is 5.82 Å². The van der Waals surface area contributed by atoms with E-state index < -0.39 is 6.29 Å². The zero-order valence-corrected chi connectivity index (χ0v) is 5.66. The SMILES string of the molecule is CN1C(=O)C=C(N)NC1N. The Morgan fingerprint density at radius 3 is 2.90 bits per heavy atom. The van der Waals surface area contributed by atoms with Crippen molar-refractivity contribution in [3.8, 4) is 0 Å². The summed E-state index contributed by atoms with van der Waals surface area (Å²) < 4.78 is 0. The number of nitrogens with two attached hydrogens (primary N) is 2. The molecule has 0 aromatic carbocycles. The number of nitrogens with zero attached hydrogens (tertiary/aromatic N) is 1. The average molecular weight is 142 g/mol. The molecule has 1 aliphatic heterocycles. The number of carbonyl (C=O) groups excluding carboxylic acids is 1. The van der Waals surface area contributed by atoms with Crippen LogP contribution in [-0.2, 0) is 4.79 Å². The second-order valence-electron chi connectivity index (χ2n) is 2.14. The maximum atomic E-state index is 10.9. The number of carbonyl (C=O) groups is 1. The van der Waals surface area contributed by atoms with Crippen LogP contribution in [0, 0.1) is 0 Å². The lowest BCUT2D eigenvalue weighted by atomic mass is 10.4. The monoisotopic (exact) mass is 142 g/mol. The molecule has 1 aliphatic rings. The third-order valence-corrected chi connectivity index (χ3v) is 1.36. The zero-order chi connectivity index (χ0) is 7.72. The van der Waals surface area contributed by atoms with Gasteiger partial charge in [-0.05, 0) is 0 Å². The van der Waals surface area contributed by atoms with Crippen molar-refractivity contribution in [1.82, 2.24) is 10.2 Å². The van der Waals surface area contributed by atoms with Crippen LogP contribution in [0.4, 0.5) is 0 Å². The highest BCUT2D eigenvalue weighted by Gasteiger charge is 2.18. The third kappa shape index (κ3) is 1.03. The Balaban J connectivity index is 2.79. The van der Waals surface area contributed by atoms with Gasteiger partial charge in [-0.2, -0.15) is 0 Å². The number of nitrogens with one attached hydrogen (secondary N) is 1. The van der Waals surface area contributed by atoms with Crippen molar-refractivity contribution in [3.05, 3.63) is 11.9 Å². The average Bonchev–Trinajstić information content (AvgIpc) is 1.82. The van der Waals surface area contributed by atoms with Crippen LogP contribution >= 0.6 is 0 Å². The van der Waals surface area contributed by atoms with Crippen LogP contribution in [0.25, 0.3) is 0 Å². The molecule has 0 saturated carbocycles. The lowest BCUT2D eigenvalue weighted by Gasteiger charge is -2.28. The van der Waals surface area contributed by atoms with E-state index in [2.05, 4.69) is 5.32 Å². The van der Waals surface area contributed by atoms with Crippen molar-refractivity contribution in [3.63, 3.8) is 0 Å². The minimum atomic E-state index is -0.502. The van der Waals surface area contributed by atoms with Gasteiger partial charge < -0.3 is 16.0 Å². The molecular weight excluding hydrogens is 132 g/mol. The maximum absolute atomic E-state index is 10.9. The Labute approximate surface area is 58.7 Å². The first kappa shape index (κ1) is 6.88. The van der Waals surface area contributed by atoms with Crippen LogP contribution in [0.5, 0.6) is 0 Å². The van der Waals surface area contributed by atoms with Gasteiger partial charge in [0, 0.05) is 13.1 Å². The van der Waals surface area contributed by atoms with E-state index in [4.69, 9.17) is 11.5 Å². The van der Waals surface area contributed by atoms with Gasteiger partial charge in [-0.3, -0.25) is 10.5 Å². The van der Waals surface area contributed by atoms with Crippen molar-refractivity contribution >= 4 is 5.91 Å². The summed E-state index contributed by atoms with van der Waals surface area (Å²) in [6.45, 7) is 0. The fourth-order valence-corrected chi connectivity index (χ4v) is 0.681. The standard InChI is InChI=1S/C5H10N4O/c1-9-4(10)2-3(6)8-5(9)7/h2,5,8H,6-7H2,1H3. The van der Waals surface area contributed by atoms with E-state index >= 15 is 0 Å². The summed E-state index contributed by atoms with van der Waals surface area (Å²) >= 11 is 0.